The van der Waals surface area contributed by atoms with Crippen LogP contribution in [0.25, 0.3) is 11.1 Å². The maximum Gasteiger partial charge on any atom is 0.313 e. The minimum absolute atomic E-state index is 0.147. The van der Waals surface area contributed by atoms with Crippen LogP contribution in [0.15, 0.2) is 77.7 Å². The summed E-state index contributed by atoms with van der Waals surface area (Å²) in [5.74, 6) is -1.54. The summed E-state index contributed by atoms with van der Waals surface area (Å²) >= 11 is 0. The Morgan fingerprint density at radius 2 is 1.64 bits per heavy atom. The van der Waals surface area contributed by atoms with Gasteiger partial charge in [-0.3, -0.25) is 9.59 Å². The van der Waals surface area contributed by atoms with Crippen molar-refractivity contribution in [3.05, 3.63) is 83.9 Å². The van der Waals surface area contributed by atoms with Crippen molar-refractivity contribution >= 4 is 27.5 Å². The first kappa shape index (κ1) is 26.6. The van der Waals surface area contributed by atoms with Crippen molar-refractivity contribution in [2.24, 2.45) is 0 Å². The summed E-state index contributed by atoms with van der Waals surface area (Å²) in [5, 5.41) is 11.6. The lowest BCUT2D eigenvalue weighted by Crippen LogP contribution is -2.40. The van der Waals surface area contributed by atoms with Crippen LogP contribution in [0.5, 0.6) is 0 Å². The third kappa shape index (κ3) is 6.78. The number of benzene rings is 3. The van der Waals surface area contributed by atoms with E-state index in [-0.39, 0.29) is 11.4 Å². The van der Waals surface area contributed by atoms with Gasteiger partial charge >= 0.3 is 11.8 Å². The zero-order valence-electron chi connectivity index (χ0n) is 20.6. The van der Waals surface area contributed by atoms with Gasteiger partial charge in [0.25, 0.3) is 0 Å². The quantitative estimate of drug-likeness (QED) is 0.494. The van der Waals surface area contributed by atoms with Gasteiger partial charge in [0, 0.05) is 30.4 Å². The Morgan fingerprint density at radius 3 is 2.28 bits per heavy atom. The molecule has 2 N–H and O–H groups in total. The van der Waals surface area contributed by atoms with Gasteiger partial charge in [-0.15, -0.1) is 0 Å². The predicted octanol–water partition coefficient (Wildman–Crippen LogP) is 3.90. The van der Waals surface area contributed by atoms with Crippen LogP contribution in [0.2, 0.25) is 0 Å². The summed E-state index contributed by atoms with van der Waals surface area (Å²) in [7, 11) is -2.26. The molecule has 0 aliphatic rings. The molecule has 0 saturated heterocycles. The zero-order chi connectivity index (χ0) is 26.5. The molecule has 0 spiro atoms. The number of nitriles is 1. The molecule has 0 fully saturated rings. The number of rotatable bonds is 6. The number of sulfonamides is 1. The molecule has 3 aromatic carbocycles. The first-order valence-electron chi connectivity index (χ1n) is 11.2. The Hall–Kier alpha value is -4.00. The fraction of sp³-hybridized carbons (Fsp3) is 0.222. The summed E-state index contributed by atoms with van der Waals surface area (Å²) in [4.78, 5) is 26.5. The highest BCUT2D eigenvalue weighted by Crippen LogP contribution is 2.29. The van der Waals surface area contributed by atoms with Crippen molar-refractivity contribution in [1.82, 2.24) is 9.62 Å². The molecule has 0 saturated carbocycles. The van der Waals surface area contributed by atoms with E-state index < -0.39 is 27.4 Å². The van der Waals surface area contributed by atoms with Crippen LogP contribution >= 0.6 is 0 Å². The van der Waals surface area contributed by atoms with Crippen molar-refractivity contribution < 1.29 is 18.0 Å². The second-order valence-corrected chi connectivity index (χ2v) is 11.0. The van der Waals surface area contributed by atoms with Crippen LogP contribution in [0.4, 0.5) is 5.69 Å². The maximum absolute atomic E-state index is 12.9. The fourth-order valence-corrected chi connectivity index (χ4v) is 5.22. The molecular formula is C27H28N4O4S. The number of nitrogens with zero attached hydrogens (tertiary/aromatic N) is 2. The number of carbonyl (C=O) groups is 2. The molecule has 3 aromatic rings. The van der Waals surface area contributed by atoms with E-state index in [0.29, 0.717) is 22.4 Å². The molecule has 0 aliphatic carbocycles. The maximum atomic E-state index is 12.9. The monoisotopic (exact) mass is 504 g/mol. The SMILES string of the molecule is CN(Cc1cccc(C#N)c1)C(=O)C(=O)Nc1ccc(-c2ccccc2S(=O)(=O)NC(C)(C)C)cc1. The number of amides is 2. The third-order valence-corrected chi connectivity index (χ3v) is 6.90. The first-order chi connectivity index (χ1) is 16.9. The van der Waals surface area contributed by atoms with Crippen molar-refractivity contribution in [2.75, 3.05) is 12.4 Å². The lowest BCUT2D eigenvalue weighted by molar-refractivity contribution is -0.142. The van der Waals surface area contributed by atoms with Gasteiger partial charge in [-0.1, -0.05) is 42.5 Å². The summed E-state index contributed by atoms with van der Waals surface area (Å²) in [5.41, 5.74) is 2.12. The third-order valence-electron chi connectivity index (χ3n) is 5.09. The average molecular weight is 505 g/mol. The number of likely N-dealkylation sites (N-methyl/N-ethyl adjacent to an activating group) is 1. The van der Waals surface area contributed by atoms with Crippen LogP contribution in [0.3, 0.4) is 0 Å². The van der Waals surface area contributed by atoms with Gasteiger partial charge in [-0.25, -0.2) is 13.1 Å². The molecule has 0 aromatic heterocycles. The van der Waals surface area contributed by atoms with E-state index in [1.165, 1.54) is 11.9 Å². The topological polar surface area (TPSA) is 119 Å². The van der Waals surface area contributed by atoms with Gasteiger partial charge in [0.15, 0.2) is 0 Å². The summed E-state index contributed by atoms with van der Waals surface area (Å²) < 4.78 is 28.5. The Balaban J connectivity index is 1.73. The molecule has 0 heterocycles. The Kier molecular flexibility index (Phi) is 7.93. The summed E-state index contributed by atoms with van der Waals surface area (Å²) in [6.45, 7) is 5.49. The van der Waals surface area contributed by atoms with Crippen LogP contribution < -0.4 is 10.0 Å². The average Bonchev–Trinajstić information content (AvgIpc) is 2.82. The van der Waals surface area contributed by atoms with Gasteiger partial charge in [0.05, 0.1) is 16.5 Å². The van der Waals surface area contributed by atoms with Gasteiger partial charge in [0.2, 0.25) is 10.0 Å². The molecule has 0 radical (unpaired) electrons. The van der Waals surface area contributed by atoms with Crippen molar-refractivity contribution in [1.29, 1.82) is 5.26 Å². The number of hydrogen-bond donors (Lipinski definition) is 2. The highest BCUT2D eigenvalue weighted by Gasteiger charge is 2.25. The standard InChI is InChI=1S/C27H28N4O4S/c1-27(2,3)30-36(34,35)24-11-6-5-10-23(24)21-12-14-22(15-13-21)29-25(32)26(33)31(4)18-20-9-7-8-19(16-20)17-28/h5-16,30H,18H2,1-4H3,(H,29,32). The van der Waals surface area contributed by atoms with Gasteiger partial charge in [-0.05, 0) is 62.2 Å². The van der Waals surface area contributed by atoms with E-state index in [0.717, 1.165) is 5.56 Å². The number of carbonyl (C=O) groups excluding carboxylic acids is 2. The first-order valence-corrected chi connectivity index (χ1v) is 12.7. The molecule has 0 atom stereocenters. The van der Waals surface area contributed by atoms with E-state index in [1.807, 2.05) is 6.07 Å². The molecule has 3 rings (SSSR count). The van der Waals surface area contributed by atoms with Gasteiger partial charge in [-0.2, -0.15) is 5.26 Å². The molecular weight excluding hydrogens is 476 g/mol. The molecule has 9 heteroatoms. The number of anilines is 1. The molecule has 186 valence electrons. The highest BCUT2D eigenvalue weighted by atomic mass is 32.2. The minimum atomic E-state index is -3.76. The number of nitrogens with one attached hydrogen (secondary N) is 2. The Bertz CT molecular complexity index is 1420. The fourth-order valence-electron chi connectivity index (χ4n) is 3.57. The number of hydrogen-bond acceptors (Lipinski definition) is 5. The Labute approximate surface area is 211 Å². The van der Waals surface area contributed by atoms with E-state index in [9.17, 15) is 18.0 Å². The van der Waals surface area contributed by atoms with Crippen molar-refractivity contribution in [3.8, 4) is 17.2 Å². The van der Waals surface area contributed by atoms with Crippen LogP contribution in [-0.2, 0) is 26.2 Å². The largest absolute Gasteiger partial charge is 0.333 e. The smallest absolute Gasteiger partial charge is 0.313 e. The molecule has 8 nitrogen and oxygen atoms in total. The van der Waals surface area contributed by atoms with Crippen LogP contribution in [0.1, 0.15) is 31.9 Å². The van der Waals surface area contributed by atoms with Gasteiger partial charge < -0.3 is 10.2 Å². The minimum Gasteiger partial charge on any atom is -0.333 e. The molecule has 0 aliphatic heterocycles. The lowest BCUT2D eigenvalue weighted by atomic mass is 10.1. The van der Waals surface area contributed by atoms with Crippen molar-refractivity contribution in [2.45, 2.75) is 37.8 Å². The van der Waals surface area contributed by atoms with Crippen molar-refractivity contribution in [3.63, 3.8) is 0 Å². The van der Waals surface area contributed by atoms with E-state index >= 15 is 0 Å². The molecule has 2 amide bonds. The van der Waals surface area contributed by atoms with Crippen LogP contribution in [0, 0.1) is 11.3 Å². The normalized spacial score (nSPS) is 11.4. The second-order valence-electron chi connectivity index (χ2n) is 9.36. The molecule has 0 bridgehead atoms. The van der Waals surface area contributed by atoms with E-state index in [2.05, 4.69) is 10.0 Å². The zero-order valence-corrected chi connectivity index (χ0v) is 21.4. The predicted molar refractivity (Wildman–Crippen MR) is 138 cm³/mol. The summed E-state index contributed by atoms with van der Waals surface area (Å²) in [6.07, 6.45) is 0. The molecule has 0 unspecified atom stereocenters. The summed E-state index contributed by atoms with van der Waals surface area (Å²) in [6, 6.07) is 22.1. The highest BCUT2D eigenvalue weighted by molar-refractivity contribution is 7.89. The Morgan fingerprint density at radius 1 is 0.972 bits per heavy atom. The lowest BCUT2D eigenvalue weighted by Gasteiger charge is -2.21. The van der Waals surface area contributed by atoms with E-state index in [1.54, 1.807) is 93.6 Å². The van der Waals surface area contributed by atoms with Crippen LogP contribution in [-0.4, -0.2) is 37.7 Å². The second kappa shape index (κ2) is 10.7. The van der Waals surface area contributed by atoms with E-state index in [4.69, 9.17) is 5.26 Å². The van der Waals surface area contributed by atoms with Gasteiger partial charge in [0.1, 0.15) is 0 Å². The molecule has 36 heavy (non-hydrogen) atoms.